The minimum atomic E-state index is -0.986. The third-order valence-electron chi connectivity index (χ3n) is 4.47. The average Bonchev–Trinajstić information content (AvgIpc) is 2.92. The first kappa shape index (κ1) is 14.0. The van der Waals surface area contributed by atoms with Crippen LogP contribution in [0.4, 0.5) is 0 Å². The third kappa shape index (κ3) is 2.64. The van der Waals surface area contributed by atoms with Crippen LogP contribution in [0.5, 0.6) is 0 Å². The van der Waals surface area contributed by atoms with Crippen molar-refractivity contribution >= 4 is 16.7 Å². The number of hydroxylamine groups is 3. The summed E-state index contributed by atoms with van der Waals surface area (Å²) in [7, 11) is 0. The Balaban J connectivity index is 1.97. The predicted molar refractivity (Wildman–Crippen MR) is 81.7 cm³/mol. The minimum absolute atomic E-state index is 0.292. The molecule has 0 aromatic heterocycles. The zero-order chi connectivity index (χ0) is 14.9. The first-order chi connectivity index (χ1) is 10.1. The Morgan fingerprint density at radius 2 is 1.81 bits per heavy atom. The molecule has 21 heavy (non-hydrogen) atoms. The Morgan fingerprint density at radius 3 is 2.52 bits per heavy atom. The molecule has 1 saturated heterocycles. The molecule has 1 fully saturated rings. The first-order valence-electron chi connectivity index (χ1n) is 7.37. The number of hydrogen-bond acceptors (Lipinski definition) is 2. The van der Waals surface area contributed by atoms with Crippen LogP contribution in [0.1, 0.15) is 18.4 Å². The number of nitrogens with zero attached hydrogens (tertiary/aromatic N) is 1. The van der Waals surface area contributed by atoms with E-state index in [-0.39, 0.29) is 0 Å². The van der Waals surface area contributed by atoms with Crippen LogP contribution < -0.4 is 0 Å². The van der Waals surface area contributed by atoms with Gasteiger partial charge < -0.3 is 15.0 Å². The Labute approximate surface area is 123 Å². The molecule has 0 bridgehead atoms. The molecule has 3 rings (SSSR count). The molecular formula is C17H19NO3. The zero-order valence-electron chi connectivity index (χ0n) is 11.9. The SMILES string of the molecule is O=C(O)C(Cc1cccc2ccccc12)[N+]1([O-])CCCC1. The maximum atomic E-state index is 12.7. The van der Waals surface area contributed by atoms with Gasteiger partial charge in [0.15, 0.2) is 6.04 Å². The molecule has 4 nitrogen and oxygen atoms in total. The van der Waals surface area contributed by atoms with E-state index in [1.54, 1.807) is 0 Å². The molecule has 0 aliphatic carbocycles. The van der Waals surface area contributed by atoms with Crippen molar-refractivity contribution in [3.63, 3.8) is 0 Å². The monoisotopic (exact) mass is 285 g/mol. The van der Waals surface area contributed by atoms with Crippen LogP contribution >= 0.6 is 0 Å². The summed E-state index contributed by atoms with van der Waals surface area (Å²) in [6.45, 7) is 0.837. The molecule has 2 aromatic rings. The van der Waals surface area contributed by atoms with Gasteiger partial charge in [-0.25, -0.2) is 4.79 Å². The lowest BCUT2D eigenvalue weighted by atomic mass is 9.98. The fourth-order valence-electron chi connectivity index (χ4n) is 3.32. The van der Waals surface area contributed by atoms with Crippen molar-refractivity contribution in [1.29, 1.82) is 0 Å². The smallest absolute Gasteiger partial charge is 0.363 e. The van der Waals surface area contributed by atoms with Crippen molar-refractivity contribution < 1.29 is 14.5 Å². The number of aliphatic carboxylic acids is 1. The van der Waals surface area contributed by atoms with Crippen molar-refractivity contribution in [3.05, 3.63) is 53.2 Å². The molecule has 110 valence electrons. The Kier molecular flexibility index (Phi) is 3.66. The summed E-state index contributed by atoms with van der Waals surface area (Å²) in [5.74, 6) is -0.986. The highest BCUT2D eigenvalue weighted by Gasteiger charge is 2.38. The van der Waals surface area contributed by atoms with Gasteiger partial charge >= 0.3 is 5.97 Å². The van der Waals surface area contributed by atoms with E-state index in [0.29, 0.717) is 19.5 Å². The van der Waals surface area contributed by atoms with E-state index in [1.165, 1.54) is 0 Å². The van der Waals surface area contributed by atoms with Crippen molar-refractivity contribution in [2.75, 3.05) is 13.1 Å². The molecule has 0 radical (unpaired) electrons. The molecule has 1 atom stereocenters. The van der Waals surface area contributed by atoms with Crippen LogP contribution in [-0.4, -0.2) is 34.9 Å². The number of hydrogen-bond donors (Lipinski definition) is 1. The normalized spacial score (nSPS) is 18.7. The van der Waals surface area contributed by atoms with Gasteiger partial charge in [-0.3, -0.25) is 0 Å². The molecule has 0 amide bonds. The Bertz CT molecular complexity index is 657. The summed E-state index contributed by atoms with van der Waals surface area (Å²) < 4.78 is -0.585. The van der Waals surface area contributed by atoms with Crippen LogP contribution in [0.15, 0.2) is 42.5 Å². The number of carboxylic acids is 1. The van der Waals surface area contributed by atoms with Gasteiger partial charge in [0.05, 0.1) is 13.1 Å². The largest absolute Gasteiger partial charge is 0.632 e. The van der Waals surface area contributed by atoms with Crippen molar-refractivity contribution in [1.82, 2.24) is 0 Å². The minimum Gasteiger partial charge on any atom is -0.632 e. The van der Waals surface area contributed by atoms with Crippen LogP contribution in [0.3, 0.4) is 0 Å². The highest BCUT2D eigenvalue weighted by Crippen LogP contribution is 2.27. The number of carboxylic acid groups (broad SMARTS) is 1. The topological polar surface area (TPSA) is 60.4 Å². The second kappa shape index (κ2) is 5.47. The zero-order valence-corrected chi connectivity index (χ0v) is 11.9. The maximum Gasteiger partial charge on any atom is 0.363 e. The average molecular weight is 285 g/mol. The fraction of sp³-hybridized carbons (Fsp3) is 0.353. The second-order valence-electron chi connectivity index (χ2n) is 5.80. The van der Waals surface area contributed by atoms with E-state index in [0.717, 1.165) is 29.2 Å². The molecule has 1 unspecified atom stereocenters. The molecule has 1 aliphatic heterocycles. The molecule has 1 N–H and O–H groups in total. The number of quaternary nitrogens is 1. The fourth-order valence-corrected chi connectivity index (χ4v) is 3.32. The molecule has 0 saturated carbocycles. The molecule has 4 heteroatoms. The lowest BCUT2D eigenvalue weighted by Gasteiger charge is -2.43. The summed E-state index contributed by atoms with van der Waals surface area (Å²) >= 11 is 0. The second-order valence-corrected chi connectivity index (χ2v) is 5.80. The molecule has 0 spiro atoms. The lowest BCUT2D eigenvalue weighted by molar-refractivity contribution is -0.884. The van der Waals surface area contributed by atoms with Crippen molar-refractivity contribution in [2.24, 2.45) is 0 Å². The van der Waals surface area contributed by atoms with E-state index < -0.39 is 16.7 Å². The van der Waals surface area contributed by atoms with E-state index in [4.69, 9.17) is 0 Å². The van der Waals surface area contributed by atoms with Crippen LogP contribution in [0.2, 0.25) is 0 Å². The van der Waals surface area contributed by atoms with Gasteiger partial charge in [0.1, 0.15) is 0 Å². The van der Waals surface area contributed by atoms with Gasteiger partial charge in [-0.2, -0.15) is 0 Å². The van der Waals surface area contributed by atoms with Crippen LogP contribution in [-0.2, 0) is 11.2 Å². The number of benzene rings is 2. The van der Waals surface area contributed by atoms with Gasteiger partial charge in [0.25, 0.3) is 0 Å². The van der Waals surface area contributed by atoms with Gasteiger partial charge in [-0.1, -0.05) is 42.5 Å². The van der Waals surface area contributed by atoms with E-state index in [2.05, 4.69) is 0 Å². The van der Waals surface area contributed by atoms with Gasteiger partial charge in [-0.15, -0.1) is 0 Å². The summed E-state index contributed by atoms with van der Waals surface area (Å²) in [5.41, 5.74) is 0.945. The quantitative estimate of drug-likeness (QED) is 0.694. The highest BCUT2D eigenvalue weighted by atomic mass is 16.6. The maximum absolute atomic E-state index is 12.7. The van der Waals surface area contributed by atoms with Gasteiger partial charge in [-0.05, 0) is 16.3 Å². The van der Waals surface area contributed by atoms with Gasteiger partial charge in [0.2, 0.25) is 0 Å². The summed E-state index contributed by atoms with van der Waals surface area (Å²) in [4.78, 5) is 11.6. The highest BCUT2D eigenvalue weighted by molar-refractivity contribution is 5.86. The lowest BCUT2D eigenvalue weighted by Crippen LogP contribution is -2.53. The Morgan fingerprint density at radius 1 is 1.14 bits per heavy atom. The molecular weight excluding hydrogens is 266 g/mol. The van der Waals surface area contributed by atoms with E-state index >= 15 is 0 Å². The summed E-state index contributed by atoms with van der Waals surface area (Å²) in [6.07, 6.45) is 1.94. The Hall–Kier alpha value is -1.91. The van der Waals surface area contributed by atoms with Crippen LogP contribution in [0, 0.1) is 5.21 Å². The molecule has 1 aliphatic rings. The number of rotatable bonds is 4. The number of fused-ring (bicyclic) bond motifs is 1. The van der Waals surface area contributed by atoms with E-state index in [1.807, 2.05) is 42.5 Å². The van der Waals surface area contributed by atoms with Crippen LogP contribution in [0.25, 0.3) is 10.8 Å². The standard InChI is InChI=1S/C17H19NO3/c19-17(20)16(18(21)10-3-4-11-18)12-14-8-5-7-13-6-1-2-9-15(13)14/h1-2,5-9,16H,3-4,10-12H2,(H,19,20). The number of likely N-dealkylation sites (tertiary alicyclic amines) is 1. The molecule has 1 heterocycles. The third-order valence-corrected chi connectivity index (χ3v) is 4.47. The summed E-state index contributed by atoms with van der Waals surface area (Å²) in [5, 5.41) is 24.4. The van der Waals surface area contributed by atoms with Crippen molar-refractivity contribution in [3.8, 4) is 0 Å². The van der Waals surface area contributed by atoms with E-state index in [9.17, 15) is 15.1 Å². The predicted octanol–water partition coefficient (Wildman–Crippen LogP) is 2.94. The van der Waals surface area contributed by atoms with Crippen molar-refractivity contribution in [2.45, 2.75) is 25.3 Å². The molecule has 2 aromatic carbocycles. The van der Waals surface area contributed by atoms with Gasteiger partial charge in [0, 0.05) is 19.3 Å². The summed E-state index contributed by atoms with van der Waals surface area (Å²) in [6, 6.07) is 12.9. The first-order valence-corrected chi connectivity index (χ1v) is 7.37. The number of carbonyl (C=O) groups is 1.